The lowest BCUT2D eigenvalue weighted by atomic mass is 10.1. The van der Waals surface area contributed by atoms with E-state index in [9.17, 15) is 14.4 Å². The zero-order chi connectivity index (χ0) is 17.8. The standard InChI is InChI=1S/C18H23FN4O2/c19-14-2-3-15-16(12-14)17(13-20)23(18(15)25)5-1-4-21-6-8-22(9-7-21)10-11-24/h2-3,12,17,24H,1,4-11H2. The van der Waals surface area contributed by atoms with E-state index < -0.39 is 11.9 Å². The fourth-order valence-electron chi connectivity index (χ4n) is 3.61. The number of fused-ring (bicyclic) bond motifs is 1. The van der Waals surface area contributed by atoms with Gasteiger partial charge in [0.25, 0.3) is 5.91 Å². The molecule has 1 amide bonds. The van der Waals surface area contributed by atoms with E-state index in [2.05, 4.69) is 15.9 Å². The summed E-state index contributed by atoms with van der Waals surface area (Å²) in [5.74, 6) is -0.608. The molecule has 2 aliphatic heterocycles. The molecular weight excluding hydrogens is 323 g/mol. The fraction of sp³-hybridized carbons (Fsp3) is 0.556. The number of hydrogen-bond donors (Lipinski definition) is 1. The van der Waals surface area contributed by atoms with Crippen LogP contribution in [-0.2, 0) is 0 Å². The van der Waals surface area contributed by atoms with Crippen molar-refractivity contribution in [3.63, 3.8) is 0 Å². The van der Waals surface area contributed by atoms with Crippen LogP contribution < -0.4 is 0 Å². The number of halogens is 1. The second-order valence-corrected chi connectivity index (χ2v) is 6.52. The third kappa shape index (κ3) is 3.82. The number of hydrogen-bond acceptors (Lipinski definition) is 5. The van der Waals surface area contributed by atoms with Gasteiger partial charge < -0.3 is 14.9 Å². The van der Waals surface area contributed by atoms with Gasteiger partial charge in [-0.25, -0.2) is 4.39 Å². The van der Waals surface area contributed by atoms with E-state index in [0.29, 0.717) is 17.7 Å². The monoisotopic (exact) mass is 346 g/mol. The largest absolute Gasteiger partial charge is 0.395 e. The maximum atomic E-state index is 13.4. The average Bonchev–Trinajstić information content (AvgIpc) is 2.87. The lowest BCUT2D eigenvalue weighted by Crippen LogP contribution is -2.47. The Bertz CT molecular complexity index is 668. The normalized spacial score (nSPS) is 21.4. The number of nitriles is 1. The maximum Gasteiger partial charge on any atom is 0.255 e. The molecule has 3 rings (SSSR count). The molecule has 25 heavy (non-hydrogen) atoms. The number of benzene rings is 1. The molecule has 7 heteroatoms. The molecule has 2 aliphatic rings. The lowest BCUT2D eigenvalue weighted by Gasteiger charge is -2.34. The van der Waals surface area contributed by atoms with E-state index in [1.165, 1.54) is 18.2 Å². The molecule has 2 heterocycles. The number of rotatable bonds is 6. The zero-order valence-corrected chi connectivity index (χ0v) is 14.2. The number of carbonyl (C=O) groups excluding carboxylic acids is 1. The Morgan fingerprint density at radius 2 is 1.84 bits per heavy atom. The SMILES string of the molecule is N#CC1c2cc(F)ccc2C(=O)N1CCCN1CCN(CCO)CC1. The van der Waals surface area contributed by atoms with E-state index in [1.54, 1.807) is 4.90 Å². The molecule has 6 nitrogen and oxygen atoms in total. The Morgan fingerprint density at radius 3 is 2.48 bits per heavy atom. The van der Waals surface area contributed by atoms with E-state index >= 15 is 0 Å². The van der Waals surface area contributed by atoms with Crippen LogP contribution in [0.4, 0.5) is 4.39 Å². The summed E-state index contributed by atoms with van der Waals surface area (Å²) in [7, 11) is 0. The maximum absolute atomic E-state index is 13.4. The minimum absolute atomic E-state index is 0.186. The van der Waals surface area contributed by atoms with Gasteiger partial charge in [0, 0.05) is 50.4 Å². The van der Waals surface area contributed by atoms with Gasteiger partial charge >= 0.3 is 0 Å². The van der Waals surface area contributed by atoms with Crippen molar-refractivity contribution in [1.82, 2.24) is 14.7 Å². The summed E-state index contributed by atoms with van der Waals surface area (Å²) >= 11 is 0. The first-order chi connectivity index (χ1) is 12.1. The minimum Gasteiger partial charge on any atom is -0.395 e. The fourth-order valence-corrected chi connectivity index (χ4v) is 3.61. The summed E-state index contributed by atoms with van der Waals surface area (Å²) < 4.78 is 13.4. The first-order valence-electron chi connectivity index (χ1n) is 8.69. The van der Waals surface area contributed by atoms with Gasteiger partial charge in [-0.2, -0.15) is 5.26 Å². The third-order valence-corrected chi connectivity index (χ3v) is 4.99. The van der Waals surface area contributed by atoms with Crippen LogP contribution in [0, 0.1) is 17.1 Å². The molecule has 1 atom stereocenters. The van der Waals surface area contributed by atoms with Crippen molar-refractivity contribution in [2.45, 2.75) is 12.5 Å². The van der Waals surface area contributed by atoms with Crippen LogP contribution in [0.2, 0.25) is 0 Å². The third-order valence-electron chi connectivity index (χ3n) is 4.99. The van der Waals surface area contributed by atoms with Crippen molar-refractivity contribution >= 4 is 5.91 Å². The van der Waals surface area contributed by atoms with Crippen molar-refractivity contribution in [2.24, 2.45) is 0 Å². The Morgan fingerprint density at radius 1 is 1.16 bits per heavy atom. The second kappa shape index (κ2) is 7.91. The molecule has 0 aliphatic carbocycles. The highest BCUT2D eigenvalue weighted by Crippen LogP contribution is 2.33. The van der Waals surface area contributed by atoms with Crippen molar-refractivity contribution in [2.75, 3.05) is 52.4 Å². The smallest absolute Gasteiger partial charge is 0.255 e. The highest BCUT2D eigenvalue weighted by molar-refractivity contribution is 5.99. The Labute approximate surface area is 147 Å². The van der Waals surface area contributed by atoms with Gasteiger partial charge in [0.1, 0.15) is 11.9 Å². The van der Waals surface area contributed by atoms with Gasteiger partial charge in [0.2, 0.25) is 0 Å². The number of nitrogens with zero attached hydrogens (tertiary/aromatic N) is 4. The topological polar surface area (TPSA) is 70.8 Å². The van der Waals surface area contributed by atoms with Crippen LogP contribution in [0.5, 0.6) is 0 Å². The quantitative estimate of drug-likeness (QED) is 0.827. The van der Waals surface area contributed by atoms with Crippen molar-refractivity contribution in [3.05, 3.63) is 35.1 Å². The number of aliphatic hydroxyl groups is 1. The van der Waals surface area contributed by atoms with Crippen LogP contribution in [0.3, 0.4) is 0 Å². The molecule has 1 aromatic rings. The molecule has 1 fully saturated rings. The molecule has 0 spiro atoms. The van der Waals surface area contributed by atoms with Gasteiger partial charge in [-0.05, 0) is 31.2 Å². The minimum atomic E-state index is -0.695. The summed E-state index contributed by atoms with van der Waals surface area (Å²) in [6, 6.07) is 5.46. The van der Waals surface area contributed by atoms with Gasteiger partial charge in [-0.15, -0.1) is 0 Å². The predicted molar refractivity (Wildman–Crippen MR) is 90.4 cm³/mol. The molecule has 1 aromatic carbocycles. The lowest BCUT2D eigenvalue weighted by molar-refractivity contribution is 0.0736. The van der Waals surface area contributed by atoms with Gasteiger partial charge in [0.15, 0.2) is 0 Å². The van der Waals surface area contributed by atoms with Crippen LogP contribution >= 0.6 is 0 Å². The van der Waals surface area contributed by atoms with E-state index in [1.807, 2.05) is 0 Å². The van der Waals surface area contributed by atoms with E-state index in [4.69, 9.17) is 5.11 Å². The number of carbonyl (C=O) groups is 1. The molecule has 134 valence electrons. The molecule has 1 N–H and O–H groups in total. The van der Waals surface area contributed by atoms with Crippen LogP contribution in [0.1, 0.15) is 28.4 Å². The highest BCUT2D eigenvalue weighted by Gasteiger charge is 2.36. The molecule has 0 radical (unpaired) electrons. The Kier molecular flexibility index (Phi) is 5.63. The molecule has 1 unspecified atom stereocenters. The van der Waals surface area contributed by atoms with Crippen molar-refractivity contribution < 1.29 is 14.3 Å². The molecular formula is C18H23FN4O2. The summed E-state index contributed by atoms with van der Waals surface area (Å²) in [5, 5.41) is 18.4. The molecule has 0 aromatic heterocycles. The molecule has 1 saturated heterocycles. The van der Waals surface area contributed by atoms with Gasteiger partial charge in [-0.3, -0.25) is 9.69 Å². The van der Waals surface area contributed by atoms with Gasteiger partial charge in [-0.1, -0.05) is 0 Å². The summed E-state index contributed by atoms with van der Waals surface area (Å²) in [6.45, 7) is 6.03. The zero-order valence-electron chi connectivity index (χ0n) is 14.2. The van der Waals surface area contributed by atoms with Crippen LogP contribution in [0.15, 0.2) is 18.2 Å². The number of amides is 1. The number of piperazine rings is 1. The first-order valence-corrected chi connectivity index (χ1v) is 8.69. The predicted octanol–water partition coefficient (Wildman–Crippen LogP) is 0.846. The van der Waals surface area contributed by atoms with E-state index in [0.717, 1.165) is 45.7 Å². The van der Waals surface area contributed by atoms with Crippen molar-refractivity contribution in [1.29, 1.82) is 5.26 Å². The van der Waals surface area contributed by atoms with Crippen LogP contribution in [0.25, 0.3) is 0 Å². The first kappa shape index (κ1) is 17.8. The van der Waals surface area contributed by atoms with Crippen molar-refractivity contribution in [3.8, 4) is 6.07 Å². The van der Waals surface area contributed by atoms with Gasteiger partial charge in [0.05, 0.1) is 12.7 Å². The molecule has 0 saturated carbocycles. The summed E-state index contributed by atoms with van der Waals surface area (Å²) in [6.07, 6.45) is 0.778. The average molecular weight is 346 g/mol. The summed E-state index contributed by atoms with van der Waals surface area (Å²) in [5.41, 5.74) is 0.913. The highest BCUT2D eigenvalue weighted by atomic mass is 19.1. The number of aliphatic hydroxyl groups excluding tert-OH is 1. The van der Waals surface area contributed by atoms with Crippen LogP contribution in [-0.4, -0.2) is 78.1 Å². The molecule has 0 bridgehead atoms. The van der Waals surface area contributed by atoms with E-state index in [-0.39, 0.29) is 12.5 Å². The second-order valence-electron chi connectivity index (χ2n) is 6.52. The summed E-state index contributed by atoms with van der Waals surface area (Å²) in [4.78, 5) is 18.6. The number of β-amino-alcohol motifs (C(OH)–C–C–N with tert-alkyl or cyclic N) is 1. The Hall–Kier alpha value is -2.01. The Balaban J connectivity index is 1.52.